The van der Waals surface area contributed by atoms with Gasteiger partial charge in [-0.05, 0) is 82.5 Å². The number of pyridine rings is 2. The summed E-state index contributed by atoms with van der Waals surface area (Å²) in [5.74, 6) is 0.486. The van der Waals surface area contributed by atoms with Crippen LogP contribution in [-0.2, 0) is 20.7 Å². The van der Waals surface area contributed by atoms with Crippen molar-refractivity contribution in [3.05, 3.63) is 53.5 Å². The molecule has 2 atom stereocenters. The Morgan fingerprint density at radius 3 is 2.76 bits per heavy atom. The largest absolute Gasteiger partial charge is 0.480 e. The lowest BCUT2D eigenvalue weighted by molar-refractivity contribution is -0.146. The summed E-state index contributed by atoms with van der Waals surface area (Å²) in [7, 11) is 1.94. The monoisotopic (exact) mass is 508 g/mol. The van der Waals surface area contributed by atoms with Crippen LogP contribution in [0.2, 0.25) is 0 Å². The summed E-state index contributed by atoms with van der Waals surface area (Å²) in [5, 5.41) is 13.8. The third-order valence-electron chi connectivity index (χ3n) is 8.36. The molecule has 3 aliphatic rings. The minimum Gasteiger partial charge on any atom is -0.480 e. The lowest BCUT2D eigenvalue weighted by atomic mass is 9.85. The lowest BCUT2D eigenvalue weighted by Gasteiger charge is -2.43. The zero-order chi connectivity index (χ0) is 25.6. The number of nitrogens with zero attached hydrogens (tertiary/aromatic N) is 3. The summed E-state index contributed by atoms with van der Waals surface area (Å²) in [5.41, 5.74) is 3.06. The number of hydrogen-bond acceptors (Lipinski definition) is 7. The zero-order valence-corrected chi connectivity index (χ0v) is 21.8. The van der Waals surface area contributed by atoms with Crippen LogP contribution in [0.3, 0.4) is 0 Å². The number of fused-ring (bicyclic) bond motifs is 1. The molecule has 5 rings (SSSR count). The molecule has 0 aromatic carbocycles. The molecule has 8 heteroatoms. The van der Waals surface area contributed by atoms with Gasteiger partial charge in [0.1, 0.15) is 11.9 Å². The van der Waals surface area contributed by atoms with E-state index in [0.29, 0.717) is 19.3 Å². The van der Waals surface area contributed by atoms with Gasteiger partial charge in [0.05, 0.1) is 6.10 Å². The van der Waals surface area contributed by atoms with Gasteiger partial charge in [-0.2, -0.15) is 0 Å². The number of nitrogens with one attached hydrogen (secondary N) is 1. The number of aryl methyl sites for hydroxylation is 1. The molecule has 1 aliphatic carbocycles. The van der Waals surface area contributed by atoms with E-state index in [9.17, 15) is 9.90 Å². The minimum absolute atomic E-state index is 0.202. The number of anilines is 1. The number of carboxylic acid groups (broad SMARTS) is 1. The molecule has 2 aromatic heterocycles. The van der Waals surface area contributed by atoms with Crippen molar-refractivity contribution in [3.8, 4) is 0 Å². The van der Waals surface area contributed by atoms with Gasteiger partial charge in [-0.15, -0.1) is 0 Å². The molecule has 0 radical (unpaired) electrons. The highest BCUT2D eigenvalue weighted by Gasteiger charge is 2.40. The maximum absolute atomic E-state index is 12.4. The van der Waals surface area contributed by atoms with E-state index in [1.54, 1.807) is 6.20 Å². The minimum atomic E-state index is -0.817. The van der Waals surface area contributed by atoms with Gasteiger partial charge in [0.25, 0.3) is 0 Å². The van der Waals surface area contributed by atoms with E-state index in [1.165, 1.54) is 5.56 Å². The normalized spacial score (nSPS) is 24.6. The number of hydrogen-bond donors (Lipinski definition) is 2. The topological polar surface area (TPSA) is 96.8 Å². The number of unbranched alkanes of at least 4 members (excludes halogenated alkanes) is 1. The highest BCUT2D eigenvalue weighted by atomic mass is 16.5. The van der Waals surface area contributed by atoms with Crippen LogP contribution in [0, 0.1) is 0 Å². The van der Waals surface area contributed by atoms with Gasteiger partial charge < -0.3 is 19.9 Å². The summed E-state index contributed by atoms with van der Waals surface area (Å²) in [6.07, 6.45) is 13.0. The maximum atomic E-state index is 12.4. The smallest absolute Gasteiger partial charge is 0.325 e. The molecule has 0 unspecified atom stereocenters. The van der Waals surface area contributed by atoms with Crippen LogP contribution in [0.1, 0.15) is 80.1 Å². The third kappa shape index (κ3) is 6.30. The van der Waals surface area contributed by atoms with Gasteiger partial charge in [-0.3, -0.25) is 14.7 Å². The van der Waals surface area contributed by atoms with Crippen LogP contribution in [0.15, 0.2) is 36.7 Å². The third-order valence-corrected chi connectivity index (χ3v) is 8.36. The Hall–Kier alpha value is -2.55. The molecule has 1 saturated carbocycles. The van der Waals surface area contributed by atoms with Crippen molar-refractivity contribution in [3.63, 3.8) is 0 Å². The second-order valence-electron chi connectivity index (χ2n) is 10.8. The van der Waals surface area contributed by atoms with E-state index in [1.807, 2.05) is 36.3 Å². The number of ether oxygens (including phenoxy) is 2. The molecule has 2 aromatic rings. The van der Waals surface area contributed by atoms with Crippen molar-refractivity contribution in [1.82, 2.24) is 14.9 Å². The predicted octanol–water partition coefficient (Wildman–Crippen LogP) is 4.57. The average Bonchev–Trinajstić information content (AvgIpc) is 2.90. The number of likely N-dealkylation sites (N-methyl/N-ethyl adjacent to an activating group) is 1. The van der Waals surface area contributed by atoms with E-state index in [-0.39, 0.29) is 18.1 Å². The number of carboxylic acids is 1. The molecule has 2 fully saturated rings. The number of rotatable bonds is 11. The lowest BCUT2D eigenvalue weighted by Crippen LogP contribution is -2.49. The van der Waals surface area contributed by atoms with Crippen molar-refractivity contribution in [2.75, 3.05) is 32.2 Å². The van der Waals surface area contributed by atoms with Crippen LogP contribution in [-0.4, -0.2) is 71.0 Å². The Balaban J connectivity index is 1.05. The van der Waals surface area contributed by atoms with Crippen molar-refractivity contribution in [2.24, 2.45) is 0 Å². The van der Waals surface area contributed by atoms with Crippen molar-refractivity contribution in [1.29, 1.82) is 0 Å². The Morgan fingerprint density at radius 2 is 1.95 bits per heavy atom. The fourth-order valence-electron chi connectivity index (χ4n) is 6.04. The fraction of sp³-hybridized carbons (Fsp3) is 0.621. The van der Waals surface area contributed by atoms with Crippen molar-refractivity contribution >= 4 is 11.8 Å². The van der Waals surface area contributed by atoms with E-state index >= 15 is 0 Å². The molecule has 0 bridgehead atoms. The maximum Gasteiger partial charge on any atom is 0.325 e. The highest BCUT2D eigenvalue weighted by molar-refractivity contribution is 5.76. The summed E-state index contributed by atoms with van der Waals surface area (Å²) >= 11 is 0. The molecule has 0 spiro atoms. The van der Waals surface area contributed by atoms with Gasteiger partial charge in [0.15, 0.2) is 0 Å². The Bertz CT molecular complexity index is 1040. The van der Waals surface area contributed by atoms with Gasteiger partial charge in [0.2, 0.25) is 0 Å². The molecule has 2 aliphatic heterocycles. The number of aliphatic carboxylic acids is 1. The van der Waals surface area contributed by atoms with Crippen molar-refractivity contribution in [2.45, 2.75) is 87.9 Å². The first-order chi connectivity index (χ1) is 18.1. The van der Waals surface area contributed by atoms with Crippen LogP contribution >= 0.6 is 0 Å². The molecule has 37 heavy (non-hydrogen) atoms. The average molecular weight is 509 g/mol. The van der Waals surface area contributed by atoms with Gasteiger partial charge in [-0.25, -0.2) is 4.98 Å². The summed E-state index contributed by atoms with van der Waals surface area (Å²) < 4.78 is 11.6. The van der Waals surface area contributed by atoms with Crippen molar-refractivity contribution < 1.29 is 19.4 Å². The second kappa shape index (κ2) is 12.3. The highest BCUT2D eigenvalue weighted by Crippen LogP contribution is 2.37. The number of aromatic nitrogens is 2. The summed E-state index contributed by atoms with van der Waals surface area (Å²) in [4.78, 5) is 23.5. The zero-order valence-electron chi connectivity index (χ0n) is 21.8. The van der Waals surface area contributed by atoms with Gasteiger partial charge in [0, 0.05) is 61.5 Å². The van der Waals surface area contributed by atoms with E-state index in [0.717, 1.165) is 81.5 Å². The molecule has 8 nitrogen and oxygen atoms in total. The standard InChI is InChI=1S/C29H40N4O4/c1-33(27(29(34)35)25-8-5-13-30-26(25)20-11-16-36-17-12-20)23-18-24(19-23)37-15-3-2-7-22-10-9-21-6-4-14-31-28(21)32-22/h4-6,8,13-14,20,22-24,27H,2-3,7,9-12,15-19H2,1H3,(H,31,32)(H,34,35)/t22-,23?,24?,27+/m0/s1. The molecule has 200 valence electrons. The Morgan fingerprint density at radius 1 is 1.16 bits per heavy atom. The van der Waals surface area contributed by atoms with Crippen LogP contribution in [0.5, 0.6) is 0 Å². The van der Waals surface area contributed by atoms with Gasteiger partial charge >= 0.3 is 5.97 Å². The second-order valence-corrected chi connectivity index (χ2v) is 10.8. The summed E-state index contributed by atoms with van der Waals surface area (Å²) in [6.45, 7) is 2.18. The quantitative estimate of drug-likeness (QED) is 0.426. The first-order valence-electron chi connectivity index (χ1n) is 13.9. The molecule has 0 amide bonds. The van der Waals surface area contributed by atoms with Crippen LogP contribution in [0.4, 0.5) is 5.82 Å². The van der Waals surface area contributed by atoms with Crippen LogP contribution in [0.25, 0.3) is 0 Å². The number of carbonyl (C=O) groups is 1. The molecule has 1 saturated heterocycles. The SMILES string of the molecule is CN(C1CC(OCCCC[C@H]2CCc3cccnc3N2)C1)[C@@H](C(=O)O)c1cccnc1C1CCOCC1. The molecular weight excluding hydrogens is 468 g/mol. The summed E-state index contributed by atoms with van der Waals surface area (Å²) in [6, 6.07) is 7.96. The van der Waals surface area contributed by atoms with E-state index < -0.39 is 12.0 Å². The van der Waals surface area contributed by atoms with Crippen LogP contribution < -0.4 is 5.32 Å². The molecule has 4 heterocycles. The first-order valence-corrected chi connectivity index (χ1v) is 13.9. The first kappa shape index (κ1) is 26.1. The Labute approximate surface area is 219 Å². The Kier molecular flexibility index (Phi) is 8.69. The fourth-order valence-corrected chi connectivity index (χ4v) is 6.04. The van der Waals surface area contributed by atoms with Gasteiger partial charge in [-0.1, -0.05) is 12.1 Å². The van der Waals surface area contributed by atoms with E-state index in [4.69, 9.17) is 9.47 Å². The molecule has 2 N–H and O–H groups in total. The van der Waals surface area contributed by atoms with E-state index in [2.05, 4.69) is 21.4 Å². The molecular formula is C29H40N4O4. The predicted molar refractivity (Wildman–Crippen MR) is 142 cm³/mol.